The van der Waals surface area contributed by atoms with Crippen molar-refractivity contribution in [2.75, 3.05) is 14.2 Å². The Kier molecular flexibility index (Phi) is 3.99. The minimum atomic E-state index is -0.158. The maximum atomic E-state index is 8.56. The van der Waals surface area contributed by atoms with Gasteiger partial charge in [-0.1, -0.05) is 5.16 Å². The van der Waals surface area contributed by atoms with E-state index >= 15 is 0 Å². The highest BCUT2D eigenvalue weighted by atomic mass is 16.5. The second kappa shape index (κ2) is 5.87. The lowest BCUT2D eigenvalue weighted by atomic mass is 10.3. The maximum Gasteiger partial charge on any atom is 0.219 e. The van der Waals surface area contributed by atoms with Gasteiger partial charge in [-0.05, 0) is 0 Å². The van der Waals surface area contributed by atoms with Gasteiger partial charge < -0.3 is 20.4 Å². The Labute approximate surface area is 114 Å². The van der Waals surface area contributed by atoms with Crippen molar-refractivity contribution in [1.82, 2.24) is 19.7 Å². The van der Waals surface area contributed by atoms with Gasteiger partial charge in [0.2, 0.25) is 11.7 Å². The number of nitrogens with zero attached hydrogens (tertiary/aromatic N) is 5. The van der Waals surface area contributed by atoms with Gasteiger partial charge in [-0.3, -0.25) is 4.98 Å². The van der Waals surface area contributed by atoms with Gasteiger partial charge in [-0.25, -0.2) is 9.67 Å². The largest absolute Gasteiger partial charge is 0.493 e. The number of amidine groups is 1. The van der Waals surface area contributed by atoms with Gasteiger partial charge in [0.1, 0.15) is 12.0 Å². The number of oxime groups is 1. The predicted octanol–water partition coefficient (Wildman–Crippen LogP) is -0.167. The molecular weight excluding hydrogens is 264 g/mol. The van der Waals surface area contributed by atoms with Gasteiger partial charge in [0.25, 0.3) is 0 Å². The number of hydrogen-bond acceptors (Lipinski definition) is 7. The average Bonchev–Trinajstić information content (AvgIpc) is 2.94. The van der Waals surface area contributed by atoms with Crippen LogP contribution in [0.5, 0.6) is 11.5 Å². The Morgan fingerprint density at radius 3 is 2.85 bits per heavy atom. The number of hydrogen-bond donors (Lipinski definition) is 2. The van der Waals surface area contributed by atoms with E-state index in [0.29, 0.717) is 23.7 Å². The first-order chi connectivity index (χ1) is 9.69. The summed E-state index contributed by atoms with van der Waals surface area (Å²) in [5, 5.41) is 15.5. The molecule has 9 nitrogen and oxygen atoms in total. The Morgan fingerprint density at radius 1 is 1.40 bits per heavy atom. The van der Waals surface area contributed by atoms with Crippen LogP contribution >= 0.6 is 0 Å². The Hall–Kier alpha value is -2.84. The molecule has 0 atom stereocenters. The highest BCUT2D eigenvalue weighted by Crippen LogP contribution is 2.29. The van der Waals surface area contributed by atoms with Gasteiger partial charge in [0.15, 0.2) is 11.5 Å². The van der Waals surface area contributed by atoms with Crippen LogP contribution in [-0.4, -0.2) is 45.0 Å². The Morgan fingerprint density at radius 2 is 2.20 bits per heavy atom. The van der Waals surface area contributed by atoms with E-state index in [1.165, 1.54) is 18.1 Å². The van der Waals surface area contributed by atoms with Gasteiger partial charge in [-0.2, -0.15) is 0 Å². The first-order valence-electron chi connectivity index (χ1n) is 5.62. The van der Waals surface area contributed by atoms with Crippen LogP contribution in [0.4, 0.5) is 0 Å². The minimum absolute atomic E-state index is 0.134. The average molecular weight is 278 g/mol. The Balaban J connectivity index is 2.28. The van der Waals surface area contributed by atoms with Crippen molar-refractivity contribution in [1.29, 1.82) is 0 Å². The molecule has 0 spiro atoms. The molecule has 2 aromatic heterocycles. The topological polar surface area (TPSA) is 121 Å². The molecule has 9 heteroatoms. The van der Waals surface area contributed by atoms with Crippen LogP contribution in [0.25, 0.3) is 0 Å². The van der Waals surface area contributed by atoms with Crippen molar-refractivity contribution in [3.05, 3.63) is 30.1 Å². The van der Waals surface area contributed by atoms with Crippen LogP contribution in [-0.2, 0) is 6.54 Å². The molecule has 0 fully saturated rings. The molecule has 0 aliphatic carbocycles. The second-order valence-corrected chi connectivity index (χ2v) is 3.74. The highest BCUT2D eigenvalue weighted by molar-refractivity contribution is 5.93. The van der Waals surface area contributed by atoms with E-state index in [0.717, 1.165) is 0 Å². The molecular formula is C11H14N6O3. The number of nitrogens with two attached hydrogens (primary N) is 1. The first kappa shape index (κ1) is 13.6. The molecule has 2 heterocycles. The number of aromatic nitrogens is 4. The van der Waals surface area contributed by atoms with E-state index in [4.69, 9.17) is 20.4 Å². The molecule has 0 radical (unpaired) electrons. The number of pyridine rings is 1. The summed E-state index contributed by atoms with van der Waals surface area (Å²) in [5.74, 6) is 1.08. The zero-order valence-electron chi connectivity index (χ0n) is 11.0. The molecule has 20 heavy (non-hydrogen) atoms. The van der Waals surface area contributed by atoms with Crippen LogP contribution in [0.2, 0.25) is 0 Å². The quantitative estimate of drug-likeness (QED) is 0.337. The van der Waals surface area contributed by atoms with Gasteiger partial charge in [-0.15, -0.1) is 5.10 Å². The van der Waals surface area contributed by atoms with Crippen molar-refractivity contribution in [3.63, 3.8) is 0 Å². The first-order valence-corrected chi connectivity index (χ1v) is 5.62. The van der Waals surface area contributed by atoms with E-state index in [9.17, 15) is 0 Å². The fourth-order valence-electron chi connectivity index (χ4n) is 1.65. The van der Waals surface area contributed by atoms with Crippen LogP contribution in [0.3, 0.4) is 0 Å². The SMILES string of the molecule is COc1ccnc(Cn2cnc(/C(N)=N/O)n2)c1OC. The van der Waals surface area contributed by atoms with Crippen molar-refractivity contribution in [3.8, 4) is 11.5 Å². The summed E-state index contributed by atoms with van der Waals surface area (Å²) in [6.07, 6.45) is 3.06. The molecule has 0 bridgehead atoms. The molecule has 0 unspecified atom stereocenters. The lowest BCUT2D eigenvalue weighted by Gasteiger charge is -2.11. The third-order valence-corrected chi connectivity index (χ3v) is 2.55. The smallest absolute Gasteiger partial charge is 0.219 e. The summed E-state index contributed by atoms with van der Waals surface area (Å²) in [6.45, 7) is 0.312. The van der Waals surface area contributed by atoms with Crippen LogP contribution < -0.4 is 15.2 Å². The summed E-state index contributed by atoms with van der Waals surface area (Å²) in [7, 11) is 3.08. The third-order valence-electron chi connectivity index (χ3n) is 2.55. The maximum absolute atomic E-state index is 8.56. The molecule has 0 aliphatic heterocycles. The van der Waals surface area contributed by atoms with Crippen LogP contribution in [0.1, 0.15) is 11.5 Å². The molecule has 106 valence electrons. The van der Waals surface area contributed by atoms with Crippen molar-refractivity contribution < 1.29 is 14.7 Å². The van der Waals surface area contributed by atoms with Gasteiger partial charge in [0.05, 0.1) is 20.8 Å². The lowest BCUT2D eigenvalue weighted by molar-refractivity contribution is 0.318. The van der Waals surface area contributed by atoms with E-state index in [1.54, 1.807) is 19.4 Å². The summed E-state index contributed by atoms with van der Waals surface area (Å²) < 4.78 is 12.0. The van der Waals surface area contributed by atoms with Crippen LogP contribution in [0, 0.1) is 0 Å². The normalized spacial score (nSPS) is 11.4. The fourth-order valence-corrected chi connectivity index (χ4v) is 1.65. The number of methoxy groups -OCH3 is 2. The molecule has 0 saturated heterocycles. The van der Waals surface area contributed by atoms with Gasteiger partial charge >= 0.3 is 0 Å². The van der Waals surface area contributed by atoms with E-state index in [-0.39, 0.29) is 11.7 Å². The predicted molar refractivity (Wildman–Crippen MR) is 69.0 cm³/mol. The van der Waals surface area contributed by atoms with Gasteiger partial charge in [0, 0.05) is 12.3 Å². The van der Waals surface area contributed by atoms with E-state index < -0.39 is 0 Å². The molecule has 2 aromatic rings. The molecule has 3 N–H and O–H groups in total. The second-order valence-electron chi connectivity index (χ2n) is 3.74. The highest BCUT2D eigenvalue weighted by Gasteiger charge is 2.13. The zero-order chi connectivity index (χ0) is 14.5. The lowest BCUT2D eigenvalue weighted by Crippen LogP contribution is -2.16. The molecule has 0 aliphatic rings. The summed E-state index contributed by atoms with van der Waals surface area (Å²) in [5.41, 5.74) is 6.03. The third kappa shape index (κ3) is 2.60. The van der Waals surface area contributed by atoms with Crippen molar-refractivity contribution in [2.45, 2.75) is 6.54 Å². The monoisotopic (exact) mass is 278 g/mol. The van der Waals surface area contributed by atoms with E-state index in [1.807, 2.05) is 0 Å². The zero-order valence-corrected chi connectivity index (χ0v) is 11.0. The molecule has 0 aromatic carbocycles. The Bertz CT molecular complexity index is 624. The van der Waals surface area contributed by atoms with Crippen molar-refractivity contribution in [2.24, 2.45) is 10.9 Å². The molecule has 2 rings (SSSR count). The van der Waals surface area contributed by atoms with Crippen molar-refractivity contribution >= 4 is 5.84 Å². The van der Waals surface area contributed by atoms with Crippen LogP contribution in [0.15, 0.2) is 23.7 Å². The number of rotatable bonds is 5. The van der Waals surface area contributed by atoms with E-state index in [2.05, 4.69) is 20.2 Å². The fraction of sp³-hybridized carbons (Fsp3) is 0.273. The summed E-state index contributed by atoms with van der Waals surface area (Å²) in [4.78, 5) is 8.14. The minimum Gasteiger partial charge on any atom is -0.493 e. The summed E-state index contributed by atoms with van der Waals surface area (Å²) >= 11 is 0. The summed E-state index contributed by atoms with van der Waals surface area (Å²) in [6, 6.07) is 1.70. The molecule has 0 amide bonds. The molecule has 0 saturated carbocycles. The standard InChI is InChI=1S/C11H14N6O3/c1-19-8-3-4-13-7(9(8)20-2)5-17-6-14-11(15-17)10(12)16-18/h3-4,6,18H,5H2,1-2H3,(H2,12,16). The number of ether oxygens (including phenoxy) is 2.